The lowest BCUT2D eigenvalue weighted by Gasteiger charge is -2.10. The van der Waals surface area contributed by atoms with Crippen molar-refractivity contribution < 1.29 is 8.42 Å². The maximum atomic E-state index is 12.0. The summed E-state index contributed by atoms with van der Waals surface area (Å²) in [5.41, 5.74) is 1.85. The summed E-state index contributed by atoms with van der Waals surface area (Å²) >= 11 is 3.10. The number of nitrogens with zero attached hydrogens (tertiary/aromatic N) is 1. The van der Waals surface area contributed by atoms with Gasteiger partial charge in [0.2, 0.25) is 0 Å². The van der Waals surface area contributed by atoms with E-state index < -0.39 is 9.84 Å². The average molecular weight is 313 g/mol. The molecule has 0 amide bonds. The quantitative estimate of drug-likeness (QED) is 0.811. The number of aryl methyl sites for hydroxylation is 1. The van der Waals surface area contributed by atoms with Gasteiger partial charge in [0.25, 0.3) is 0 Å². The third kappa shape index (κ3) is 3.01. The van der Waals surface area contributed by atoms with Gasteiger partial charge < -0.3 is 0 Å². The van der Waals surface area contributed by atoms with Crippen molar-refractivity contribution in [1.29, 1.82) is 0 Å². The molecule has 0 aliphatic heterocycles. The van der Waals surface area contributed by atoms with Crippen LogP contribution in [0.2, 0.25) is 0 Å². The van der Waals surface area contributed by atoms with E-state index in [4.69, 9.17) is 0 Å². The molecule has 0 radical (unpaired) electrons. The van der Waals surface area contributed by atoms with Gasteiger partial charge in [-0.25, -0.2) is 13.4 Å². The monoisotopic (exact) mass is 313 g/mol. The van der Waals surface area contributed by atoms with Gasteiger partial charge in [-0.1, -0.05) is 30.8 Å². The highest BCUT2D eigenvalue weighted by molar-refractivity contribution is 8.00. The zero-order valence-electron chi connectivity index (χ0n) is 11.0. The third-order valence-corrected chi connectivity index (χ3v) is 5.95. The largest absolute Gasteiger partial charge is 0.237 e. The minimum Gasteiger partial charge on any atom is -0.237 e. The molecule has 0 spiro atoms. The van der Waals surface area contributed by atoms with Crippen LogP contribution in [0, 0.1) is 0 Å². The standard InChI is InChI=1S/C13H15NO2S3/c1-4-9-6-5-7-11(19(3,15)16)12(9)10-8-14-13(17-2)18-10/h5-8H,4H2,1-3H3. The van der Waals surface area contributed by atoms with Crippen LogP contribution in [0.5, 0.6) is 0 Å². The molecule has 0 saturated heterocycles. The number of rotatable bonds is 4. The first-order chi connectivity index (χ1) is 8.97. The van der Waals surface area contributed by atoms with Gasteiger partial charge in [-0.2, -0.15) is 0 Å². The Morgan fingerprint density at radius 2 is 2.11 bits per heavy atom. The van der Waals surface area contributed by atoms with E-state index in [0.29, 0.717) is 4.90 Å². The summed E-state index contributed by atoms with van der Waals surface area (Å²) in [4.78, 5) is 5.61. The van der Waals surface area contributed by atoms with Crippen LogP contribution in [0.3, 0.4) is 0 Å². The highest BCUT2D eigenvalue weighted by Gasteiger charge is 2.19. The van der Waals surface area contributed by atoms with Crippen LogP contribution in [0.1, 0.15) is 12.5 Å². The fraction of sp³-hybridized carbons (Fsp3) is 0.308. The second kappa shape index (κ2) is 5.64. The highest BCUT2D eigenvalue weighted by Crippen LogP contribution is 2.37. The molecule has 6 heteroatoms. The van der Waals surface area contributed by atoms with Crippen LogP contribution in [0.25, 0.3) is 10.4 Å². The number of hydrogen-bond acceptors (Lipinski definition) is 5. The van der Waals surface area contributed by atoms with Gasteiger partial charge in [-0.15, -0.1) is 11.3 Å². The van der Waals surface area contributed by atoms with E-state index in [0.717, 1.165) is 26.8 Å². The summed E-state index contributed by atoms with van der Waals surface area (Å²) in [6, 6.07) is 5.44. The van der Waals surface area contributed by atoms with E-state index in [-0.39, 0.29) is 0 Å². The van der Waals surface area contributed by atoms with Gasteiger partial charge in [-0.3, -0.25) is 0 Å². The molecule has 0 N–H and O–H groups in total. The molecule has 1 heterocycles. The molecule has 0 aliphatic carbocycles. The third-order valence-electron chi connectivity index (χ3n) is 2.80. The first-order valence-electron chi connectivity index (χ1n) is 5.79. The Labute approximate surface area is 122 Å². The number of sulfone groups is 1. The van der Waals surface area contributed by atoms with Crippen LogP contribution in [0.4, 0.5) is 0 Å². The molecule has 19 heavy (non-hydrogen) atoms. The molecule has 2 rings (SSSR count). The van der Waals surface area contributed by atoms with Crippen LogP contribution >= 0.6 is 23.1 Å². The van der Waals surface area contributed by atoms with E-state index in [9.17, 15) is 8.42 Å². The van der Waals surface area contributed by atoms with E-state index in [2.05, 4.69) is 4.98 Å². The fourth-order valence-corrected chi connectivity index (χ4v) is 4.43. The van der Waals surface area contributed by atoms with Gasteiger partial charge in [0.1, 0.15) is 4.34 Å². The lowest BCUT2D eigenvalue weighted by Crippen LogP contribution is -2.01. The molecule has 2 aromatic rings. The molecular weight excluding hydrogens is 298 g/mol. The summed E-state index contributed by atoms with van der Waals surface area (Å²) in [6.07, 6.45) is 5.78. The fourth-order valence-electron chi connectivity index (χ4n) is 1.93. The number of thioether (sulfide) groups is 1. The Hall–Kier alpha value is -0.850. The SMILES string of the molecule is CCc1cccc(S(C)(=O)=O)c1-c1cnc(SC)s1. The van der Waals surface area contributed by atoms with Gasteiger partial charge in [-0.05, 0) is 24.3 Å². The van der Waals surface area contributed by atoms with Gasteiger partial charge >= 0.3 is 0 Å². The maximum absolute atomic E-state index is 12.0. The second-order valence-electron chi connectivity index (χ2n) is 4.11. The minimum atomic E-state index is -3.24. The molecule has 0 fully saturated rings. The number of hydrogen-bond donors (Lipinski definition) is 0. The molecule has 0 unspecified atom stereocenters. The summed E-state index contributed by atoms with van der Waals surface area (Å²) in [5.74, 6) is 0. The highest BCUT2D eigenvalue weighted by atomic mass is 32.2. The summed E-state index contributed by atoms with van der Waals surface area (Å²) in [7, 11) is -3.24. The predicted molar refractivity (Wildman–Crippen MR) is 81.8 cm³/mol. The van der Waals surface area contributed by atoms with Gasteiger partial charge in [0, 0.05) is 18.0 Å². The molecule has 102 valence electrons. The number of thiazole rings is 1. The van der Waals surface area contributed by atoms with Crippen molar-refractivity contribution >= 4 is 32.9 Å². The molecule has 0 saturated carbocycles. The minimum absolute atomic E-state index is 0.392. The van der Waals surface area contributed by atoms with Crippen LogP contribution in [-0.4, -0.2) is 25.9 Å². The second-order valence-corrected chi connectivity index (χ2v) is 8.18. The zero-order valence-corrected chi connectivity index (χ0v) is 13.5. The van der Waals surface area contributed by atoms with Crippen molar-refractivity contribution in [2.24, 2.45) is 0 Å². The number of benzene rings is 1. The topological polar surface area (TPSA) is 47.0 Å². The Morgan fingerprint density at radius 3 is 2.63 bits per heavy atom. The summed E-state index contributed by atoms with van der Waals surface area (Å²) in [5, 5.41) is 0. The Kier molecular flexibility index (Phi) is 4.32. The van der Waals surface area contributed by atoms with Crippen LogP contribution in [0.15, 0.2) is 33.6 Å². The lowest BCUT2D eigenvalue weighted by molar-refractivity contribution is 0.602. The lowest BCUT2D eigenvalue weighted by atomic mass is 10.0. The Bertz CT molecular complexity index is 690. The van der Waals surface area contributed by atoms with Crippen molar-refractivity contribution in [2.75, 3.05) is 12.5 Å². The van der Waals surface area contributed by atoms with Crippen molar-refractivity contribution in [1.82, 2.24) is 4.98 Å². The molecular formula is C13H15NO2S3. The van der Waals surface area contributed by atoms with Gasteiger partial charge in [0.15, 0.2) is 9.84 Å². The zero-order chi connectivity index (χ0) is 14.0. The molecule has 1 aromatic carbocycles. The predicted octanol–water partition coefficient (Wildman–Crippen LogP) is 3.50. The first kappa shape index (κ1) is 14.6. The normalized spacial score (nSPS) is 11.7. The van der Waals surface area contributed by atoms with Crippen molar-refractivity contribution in [2.45, 2.75) is 22.6 Å². The number of aromatic nitrogens is 1. The molecule has 1 aromatic heterocycles. The summed E-state index contributed by atoms with van der Waals surface area (Å²) < 4.78 is 24.8. The van der Waals surface area contributed by atoms with Crippen molar-refractivity contribution in [3.8, 4) is 10.4 Å². The van der Waals surface area contributed by atoms with Crippen molar-refractivity contribution in [3.63, 3.8) is 0 Å². The molecule has 3 nitrogen and oxygen atoms in total. The smallest absolute Gasteiger partial charge is 0.176 e. The molecule has 0 atom stereocenters. The summed E-state index contributed by atoms with van der Waals surface area (Å²) in [6.45, 7) is 2.03. The van der Waals surface area contributed by atoms with Crippen LogP contribution < -0.4 is 0 Å². The molecule has 0 aliphatic rings. The average Bonchev–Trinajstić information content (AvgIpc) is 2.85. The van der Waals surface area contributed by atoms with E-state index in [1.807, 2.05) is 19.2 Å². The van der Waals surface area contributed by atoms with Crippen LogP contribution in [-0.2, 0) is 16.3 Å². The maximum Gasteiger partial charge on any atom is 0.176 e. The van der Waals surface area contributed by atoms with E-state index >= 15 is 0 Å². The Morgan fingerprint density at radius 1 is 1.37 bits per heavy atom. The van der Waals surface area contributed by atoms with E-state index in [1.165, 1.54) is 17.6 Å². The molecule has 0 bridgehead atoms. The first-order valence-corrected chi connectivity index (χ1v) is 9.72. The van der Waals surface area contributed by atoms with E-state index in [1.54, 1.807) is 30.1 Å². The van der Waals surface area contributed by atoms with Gasteiger partial charge in [0.05, 0.1) is 9.77 Å². The Balaban J connectivity index is 2.72. The van der Waals surface area contributed by atoms with Crippen molar-refractivity contribution in [3.05, 3.63) is 30.0 Å².